The van der Waals surface area contributed by atoms with Crippen molar-refractivity contribution in [3.8, 4) is 0 Å². The summed E-state index contributed by atoms with van der Waals surface area (Å²) in [5.41, 5.74) is 2.42. The van der Waals surface area contributed by atoms with Gasteiger partial charge in [0.25, 0.3) is 0 Å². The van der Waals surface area contributed by atoms with E-state index < -0.39 is 11.6 Å². The molecular formula is C19H17F2N7S. The zero-order chi connectivity index (χ0) is 20.5. The maximum absolute atomic E-state index is 13.8. The summed E-state index contributed by atoms with van der Waals surface area (Å²) < 4.78 is 27.2. The molecule has 148 valence electrons. The van der Waals surface area contributed by atoms with Gasteiger partial charge >= 0.3 is 0 Å². The van der Waals surface area contributed by atoms with Crippen LogP contribution in [0.2, 0.25) is 0 Å². The molecule has 0 aliphatic carbocycles. The molecule has 0 saturated carbocycles. The van der Waals surface area contributed by atoms with Crippen LogP contribution in [-0.2, 0) is 6.54 Å². The van der Waals surface area contributed by atoms with Crippen molar-refractivity contribution in [2.45, 2.75) is 11.7 Å². The van der Waals surface area contributed by atoms with Crippen molar-refractivity contribution in [2.75, 3.05) is 16.2 Å². The fourth-order valence-corrected chi connectivity index (χ4v) is 3.52. The van der Waals surface area contributed by atoms with Gasteiger partial charge in [0.05, 0.1) is 16.9 Å². The van der Waals surface area contributed by atoms with Crippen molar-refractivity contribution in [1.29, 1.82) is 0 Å². The predicted octanol–water partition coefficient (Wildman–Crippen LogP) is 3.13. The van der Waals surface area contributed by atoms with Crippen LogP contribution in [0, 0.1) is 11.6 Å². The molecule has 0 amide bonds. The first-order valence-electron chi connectivity index (χ1n) is 8.58. The molecule has 0 fully saturated rings. The van der Waals surface area contributed by atoms with E-state index in [2.05, 4.69) is 15.1 Å². The lowest BCUT2D eigenvalue weighted by molar-refractivity contribution is 0.507. The number of benzene rings is 2. The van der Waals surface area contributed by atoms with Crippen LogP contribution in [0.3, 0.4) is 0 Å². The topological polar surface area (TPSA) is 96.7 Å². The third kappa shape index (κ3) is 3.36. The lowest BCUT2D eigenvalue weighted by Gasteiger charge is -2.25. The summed E-state index contributed by atoms with van der Waals surface area (Å²) in [6.07, 6.45) is 3.46. The largest absolute Gasteiger partial charge is 0.321 e. The van der Waals surface area contributed by atoms with Gasteiger partial charge in [-0.1, -0.05) is 30.0 Å². The molecule has 1 aromatic heterocycles. The van der Waals surface area contributed by atoms with Crippen molar-refractivity contribution in [1.82, 2.24) is 9.97 Å². The number of aromatic nitrogens is 2. The number of nitrogens with zero attached hydrogens (tertiary/aromatic N) is 5. The van der Waals surface area contributed by atoms with Crippen LogP contribution < -0.4 is 21.6 Å². The van der Waals surface area contributed by atoms with E-state index in [4.69, 9.17) is 11.7 Å². The van der Waals surface area contributed by atoms with E-state index in [1.165, 1.54) is 22.8 Å². The van der Waals surface area contributed by atoms with Gasteiger partial charge in [-0.25, -0.2) is 24.6 Å². The Labute approximate surface area is 170 Å². The normalized spacial score (nSPS) is 14.6. The molecule has 4 rings (SSSR count). The van der Waals surface area contributed by atoms with Crippen LogP contribution in [0.1, 0.15) is 11.1 Å². The molecule has 0 atom stereocenters. The molecule has 7 nitrogen and oxygen atoms in total. The van der Waals surface area contributed by atoms with Gasteiger partial charge < -0.3 is 10.7 Å². The molecule has 3 aromatic rings. The SMILES string of the molecule is CSc1ncc2c(n1)N(Cc1ccc(F)c(F)c1)c1ccccc1N(N)/C2=N\N. The van der Waals surface area contributed by atoms with E-state index in [-0.39, 0.29) is 12.4 Å². The number of nitrogens with two attached hydrogens (primary N) is 2. The Kier molecular flexibility index (Phi) is 5.03. The molecule has 4 N–H and O–H groups in total. The fourth-order valence-electron chi connectivity index (χ4n) is 3.19. The van der Waals surface area contributed by atoms with Gasteiger partial charge in [-0.3, -0.25) is 5.01 Å². The molecular weight excluding hydrogens is 396 g/mol. The maximum atomic E-state index is 13.8. The minimum atomic E-state index is -0.914. The van der Waals surface area contributed by atoms with Crippen LogP contribution in [0.5, 0.6) is 0 Å². The van der Waals surface area contributed by atoms with Crippen molar-refractivity contribution in [3.63, 3.8) is 0 Å². The van der Waals surface area contributed by atoms with Gasteiger partial charge in [-0.05, 0) is 36.1 Å². The smallest absolute Gasteiger partial charge is 0.189 e. The summed E-state index contributed by atoms with van der Waals surface area (Å²) in [7, 11) is 0. The highest BCUT2D eigenvalue weighted by molar-refractivity contribution is 7.98. The Morgan fingerprint density at radius 3 is 2.55 bits per heavy atom. The van der Waals surface area contributed by atoms with Crippen molar-refractivity contribution in [2.24, 2.45) is 16.8 Å². The van der Waals surface area contributed by atoms with E-state index in [1.807, 2.05) is 35.4 Å². The average Bonchev–Trinajstić information content (AvgIpc) is 2.84. The van der Waals surface area contributed by atoms with Crippen molar-refractivity contribution < 1.29 is 8.78 Å². The minimum Gasteiger partial charge on any atom is -0.321 e. The number of halogens is 2. The van der Waals surface area contributed by atoms with Gasteiger partial charge in [0.2, 0.25) is 0 Å². The fraction of sp³-hybridized carbons (Fsp3) is 0.105. The standard InChI is InChI=1S/C19H17F2N7S/c1-29-19-24-9-12-17(25-19)27(10-11-6-7-13(20)14(21)8-11)15-4-2-3-5-16(15)28(23)18(12)26-22/h2-9H,10,22-23H2,1H3/b26-18-. The summed E-state index contributed by atoms with van der Waals surface area (Å²) in [6.45, 7) is 0.220. The monoisotopic (exact) mass is 413 g/mol. The van der Waals surface area contributed by atoms with Crippen molar-refractivity contribution >= 4 is 34.8 Å². The van der Waals surface area contributed by atoms with E-state index in [0.29, 0.717) is 33.5 Å². The second kappa shape index (κ2) is 7.64. The molecule has 0 bridgehead atoms. The molecule has 0 radical (unpaired) electrons. The minimum absolute atomic E-state index is 0.220. The third-order valence-electron chi connectivity index (χ3n) is 4.53. The number of fused-ring (bicyclic) bond motifs is 2. The Morgan fingerprint density at radius 1 is 1.10 bits per heavy atom. The number of hydrazone groups is 1. The average molecular weight is 413 g/mol. The Bertz CT molecular complexity index is 1110. The highest BCUT2D eigenvalue weighted by Gasteiger charge is 2.30. The molecule has 1 aliphatic rings. The highest BCUT2D eigenvalue weighted by atomic mass is 32.2. The Hall–Kier alpha value is -3.24. The van der Waals surface area contributed by atoms with Crippen molar-refractivity contribution in [3.05, 3.63) is 71.4 Å². The number of hydrazine groups is 1. The Balaban J connectivity index is 1.95. The molecule has 29 heavy (non-hydrogen) atoms. The van der Waals surface area contributed by atoms with Crippen LogP contribution in [0.15, 0.2) is 58.9 Å². The molecule has 2 aromatic carbocycles. The third-order valence-corrected chi connectivity index (χ3v) is 5.09. The van der Waals surface area contributed by atoms with Gasteiger partial charge in [0.15, 0.2) is 22.6 Å². The van der Waals surface area contributed by atoms with E-state index in [9.17, 15) is 8.78 Å². The van der Waals surface area contributed by atoms with E-state index in [0.717, 1.165) is 12.1 Å². The molecule has 2 heterocycles. The van der Waals surface area contributed by atoms with Gasteiger partial charge in [0, 0.05) is 12.7 Å². The molecule has 1 aliphatic heterocycles. The Morgan fingerprint density at radius 2 is 1.86 bits per heavy atom. The van der Waals surface area contributed by atoms with E-state index >= 15 is 0 Å². The zero-order valence-corrected chi connectivity index (χ0v) is 16.2. The van der Waals surface area contributed by atoms with Crippen LogP contribution in [0.25, 0.3) is 0 Å². The number of thioether (sulfide) groups is 1. The van der Waals surface area contributed by atoms with Crippen LogP contribution >= 0.6 is 11.8 Å². The summed E-state index contributed by atoms with van der Waals surface area (Å²) in [6, 6.07) is 11.2. The zero-order valence-electron chi connectivity index (χ0n) is 15.4. The summed E-state index contributed by atoms with van der Waals surface area (Å²) in [4.78, 5) is 10.8. The first-order valence-corrected chi connectivity index (χ1v) is 9.80. The number of hydrogen-bond acceptors (Lipinski definition) is 7. The number of rotatable bonds is 3. The number of amidine groups is 1. The summed E-state index contributed by atoms with van der Waals surface area (Å²) in [5.74, 6) is 10.9. The second-order valence-electron chi connectivity index (χ2n) is 6.24. The van der Waals surface area contributed by atoms with Crippen LogP contribution in [-0.4, -0.2) is 22.1 Å². The molecule has 10 heteroatoms. The quantitative estimate of drug-likeness (QED) is 0.295. The predicted molar refractivity (Wildman–Crippen MR) is 110 cm³/mol. The number of hydrogen-bond donors (Lipinski definition) is 2. The van der Waals surface area contributed by atoms with Gasteiger partial charge in [-0.2, -0.15) is 5.10 Å². The van der Waals surface area contributed by atoms with Gasteiger partial charge in [-0.15, -0.1) is 0 Å². The second-order valence-corrected chi connectivity index (χ2v) is 7.01. The first kappa shape index (κ1) is 19.1. The molecule has 0 saturated heterocycles. The lowest BCUT2D eigenvalue weighted by atomic mass is 10.1. The molecule has 0 unspecified atom stereocenters. The molecule has 0 spiro atoms. The number of para-hydroxylation sites is 2. The highest BCUT2D eigenvalue weighted by Crippen LogP contribution is 2.40. The van der Waals surface area contributed by atoms with E-state index in [1.54, 1.807) is 6.20 Å². The number of anilines is 3. The summed E-state index contributed by atoms with van der Waals surface area (Å²) >= 11 is 1.38. The van der Waals surface area contributed by atoms with Gasteiger partial charge in [0.1, 0.15) is 5.82 Å². The maximum Gasteiger partial charge on any atom is 0.189 e. The van der Waals surface area contributed by atoms with Crippen LogP contribution in [0.4, 0.5) is 26.0 Å². The lowest BCUT2D eigenvalue weighted by Crippen LogP contribution is -2.38. The summed E-state index contributed by atoms with van der Waals surface area (Å²) in [5, 5.41) is 5.75. The first-order chi connectivity index (χ1) is 14.0.